The third-order valence-electron chi connectivity index (χ3n) is 6.42. The number of halogens is 1. The Kier molecular flexibility index (Phi) is 8.87. The molecule has 2 aromatic carbocycles. The van der Waals surface area contributed by atoms with Gasteiger partial charge in [-0.3, -0.25) is 0 Å². The predicted octanol–water partition coefficient (Wildman–Crippen LogP) is 6.65. The number of ether oxygens (including phenoxy) is 3. The van der Waals surface area contributed by atoms with Crippen LogP contribution in [0.4, 0.5) is 15.4 Å². The summed E-state index contributed by atoms with van der Waals surface area (Å²) in [6.07, 6.45) is -0.789. The lowest BCUT2D eigenvalue weighted by Gasteiger charge is -2.36. The van der Waals surface area contributed by atoms with Crippen LogP contribution < -0.4 is 15.0 Å². The fourth-order valence-corrected chi connectivity index (χ4v) is 4.83. The second kappa shape index (κ2) is 12.0. The Hall–Kier alpha value is -3.72. The molecular weight excluding hydrogens is 544 g/mol. The van der Waals surface area contributed by atoms with Crippen molar-refractivity contribution < 1.29 is 23.8 Å². The molecule has 2 amide bonds. The van der Waals surface area contributed by atoms with E-state index in [1.165, 1.54) is 0 Å². The summed E-state index contributed by atoms with van der Waals surface area (Å²) in [5.41, 5.74) is 2.49. The van der Waals surface area contributed by atoms with Crippen LogP contribution in [0, 0.1) is 0 Å². The monoisotopic (exact) mass is 582 g/mol. The lowest BCUT2D eigenvalue weighted by atomic mass is 10.0. The van der Waals surface area contributed by atoms with Crippen molar-refractivity contribution in [3.63, 3.8) is 0 Å². The minimum Gasteiger partial charge on any atom is -0.496 e. The number of rotatable bonds is 5. The Bertz CT molecular complexity index is 1420. The zero-order chi connectivity index (χ0) is 29.9. The summed E-state index contributed by atoms with van der Waals surface area (Å²) in [7, 11) is 1.60. The van der Waals surface area contributed by atoms with Crippen molar-refractivity contribution in [2.45, 2.75) is 59.3 Å². The first-order valence-corrected chi connectivity index (χ1v) is 14.1. The molecular formula is C31H39ClN4O5. The number of carbonyl (C=O) groups is 2. The molecule has 10 heteroatoms. The van der Waals surface area contributed by atoms with Gasteiger partial charge in [0.2, 0.25) is 0 Å². The van der Waals surface area contributed by atoms with E-state index in [1.54, 1.807) is 12.0 Å². The molecule has 0 saturated carbocycles. The number of methoxy groups -OCH3 is 1. The second-order valence-corrected chi connectivity index (χ2v) is 12.4. The van der Waals surface area contributed by atoms with Crippen molar-refractivity contribution in [3.8, 4) is 16.9 Å². The number of aromatic nitrogens is 1. The third-order valence-corrected chi connectivity index (χ3v) is 6.69. The van der Waals surface area contributed by atoms with Gasteiger partial charge >= 0.3 is 12.2 Å². The third kappa shape index (κ3) is 7.94. The Balaban J connectivity index is 1.50. The number of hydrogen-bond acceptors (Lipinski definition) is 7. The molecule has 2 heterocycles. The van der Waals surface area contributed by atoms with E-state index in [0.717, 1.165) is 27.6 Å². The fourth-order valence-electron chi connectivity index (χ4n) is 4.55. The number of benzene rings is 2. The number of pyridine rings is 1. The van der Waals surface area contributed by atoms with Gasteiger partial charge in [-0.1, -0.05) is 23.7 Å². The molecule has 0 aliphatic carbocycles. The minimum atomic E-state index is -0.579. The molecule has 0 unspecified atom stereocenters. The van der Waals surface area contributed by atoms with Crippen LogP contribution in [0.5, 0.6) is 5.75 Å². The van der Waals surface area contributed by atoms with Crippen molar-refractivity contribution in [3.05, 3.63) is 53.1 Å². The van der Waals surface area contributed by atoms with Gasteiger partial charge in [0.15, 0.2) is 0 Å². The number of amides is 2. The van der Waals surface area contributed by atoms with E-state index >= 15 is 0 Å². The molecule has 1 N–H and O–H groups in total. The first kappa shape index (κ1) is 30.2. The SMILES string of the molecule is COc1ccc(-c2ccc3nc(N4CCN(C(=O)OC(C)(C)C)CC4)c(Cl)cc3c2)cc1CNC(=O)OC(C)(C)C. The molecule has 1 aliphatic heterocycles. The van der Waals surface area contributed by atoms with Crippen LogP contribution in [0.1, 0.15) is 47.1 Å². The van der Waals surface area contributed by atoms with Gasteiger partial charge in [0, 0.05) is 43.7 Å². The number of piperazine rings is 1. The van der Waals surface area contributed by atoms with Gasteiger partial charge in [-0.2, -0.15) is 0 Å². The van der Waals surface area contributed by atoms with E-state index in [2.05, 4.69) is 10.2 Å². The average Bonchev–Trinajstić information content (AvgIpc) is 2.89. The first-order valence-electron chi connectivity index (χ1n) is 13.7. The van der Waals surface area contributed by atoms with E-state index in [-0.39, 0.29) is 12.6 Å². The molecule has 0 bridgehead atoms. The maximum atomic E-state index is 12.4. The van der Waals surface area contributed by atoms with Crippen LogP contribution >= 0.6 is 11.6 Å². The van der Waals surface area contributed by atoms with Crippen molar-refractivity contribution in [1.82, 2.24) is 15.2 Å². The summed E-state index contributed by atoms with van der Waals surface area (Å²) in [5, 5.41) is 4.26. The molecule has 41 heavy (non-hydrogen) atoms. The average molecular weight is 583 g/mol. The normalized spacial score (nSPS) is 14.1. The molecule has 1 aliphatic rings. The Morgan fingerprint density at radius 1 is 0.902 bits per heavy atom. The molecule has 1 saturated heterocycles. The largest absolute Gasteiger partial charge is 0.496 e. The van der Waals surface area contributed by atoms with Gasteiger partial charge in [0.05, 0.1) is 17.6 Å². The molecule has 9 nitrogen and oxygen atoms in total. The number of anilines is 1. The summed E-state index contributed by atoms with van der Waals surface area (Å²) >= 11 is 6.72. The quantitative estimate of drug-likeness (QED) is 0.360. The van der Waals surface area contributed by atoms with Crippen LogP contribution in [-0.2, 0) is 16.0 Å². The molecule has 0 radical (unpaired) electrons. The lowest BCUT2D eigenvalue weighted by molar-refractivity contribution is 0.0240. The van der Waals surface area contributed by atoms with Crippen LogP contribution in [0.2, 0.25) is 5.02 Å². The Morgan fingerprint density at radius 2 is 1.54 bits per heavy atom. The molecule has 1 fully saturated rings. The molecule has 3 aromatic rings. The zero-order valence-corrected chi connectivity index (χ0v) is 25.6. The topological polar surface area (TPSA) is 93.2 Å². The summed E-state index contributed by atoms with van der Waals surface area (Å²) in [5.74, 6) is 1.38. The highest BCUT2D eigenvalue weighted by molar-refractivity contribution is 6.33. The van der Waals surface area contributed by atoms with Crippen molar-refractivity contribution >= 4 is 40.5 Å². The highest BCUT2D eigenvalue weighted by Crippen LogP contribution is 2.33. The van der Waals surface area contributed by atoms with Gasteiger partial charge in [-0.25, -0.2) is 14.6 Å². The number of nitrogens with zero attached hydrogens (tertiary/aromatic N) is 3. The fraction of sp³-hybridized carbons (Fsp3) is 0.452. The van der Waals surface area contributed by atoms with Crippen LogP contribution in [0.15, 0.2) is 42.5 Å². The predicted molar refractivity (Wildman–Crippen MR) is 162 cm³/mol. The first-order chi connectivity index (χ1) is 19.2. The molecule has 220 valence electrons. The zero-order valence-electron chi connectivity index (χ0n) is 24.8. The maximum Gasteiger partial charge on any atom is 0.410 e. The van der Waals surface area contributed by atoms with Crippen LogP contribution in [-0.4, -0.2) is 66.6 Å². The Labute approximate surface area is 246 Å². The van der Waals surface area contributed by atoms with Crippen molar-refractivity contribution in [1.29, 1.82) is 0 Å². The van der Waals surface area contributed by atoms with Crippen LogP contribution in [0.3, 0.4) is 0 Å². The molecule has 0 spiro atoms. The van der Waals surface area contributed by atoms with E-state index < -0.39 is 17.3 Å². The minimum absolute atomic E-state index is 0.261. The summed E-state index contributed by atoms with van der Waals surface area (Å²) < 4.78 is 16.4. The maximum absolute atomic E-state index is 12.4. The summed E-state index contributed by atoms with van der Waals surface area (Å²) in [6, 6.07) is 13.8. The number of fused-ring (bicyclic) bond motifs is 1. The van der Waals surface area contributed by atoms with Gasteiger partial charge in [0.25, 0.3) is 0 Å². The smallest absolute Gasteiger partial charge is 0.410 e. The lowest BCUT2D eigenvalue weighted by Crippen LogP contribution is -2.50. The van der Waals surface area contributed by atoms with E-state index in [9.17, 15) is 9.59 Å². The highest BCUT2D eigenvalue weighted by Gasteiger charge is 2.27. The van der Waals surface area contributed by atoms with Gasteiger partial charge in [-0.05, 0) is 83.0 Å². The number of hydrogen-bond donors (Lipinski definition) is 1. The molecule has 1 aromatic heterocycles. The van der Waals surface area contributed by atoms with Crippen LogP contribution in [0.25, 0.3) is 22.0 Å². The van der Waals surface area contributed by atoms with E-state index in [0.29, 0.717) is 42.8 Å². The van der Waals surface area contributed by atoms with Crippen molar-refractivity contribution in [2.24, 2.45) is 0 Å². The van der Waals surface area contributed by atoms with E-state index in [1.807, 2.05) is 84.0 Å². The van der Waals surface area contributed by atoms with Gasteiger partial charge < -0.3 is 29.3 Å². The number of carbonyl (C=O) groups excluding carboxylic acids is 2. The molecule has 4 rings (SSSR count). The number of alkyl carbamates (subject to hydrolysis) is 1. The standard InChI is InChI=1S/C31H39ClN4O5/c1-30(2,3)40-28(37)33-19-23-17-21(9-11-26(23)39-7)20-8-10-25-22(16-20)18-24(32)27(34-25)35-12-14-36(15-13-35)29(38)41-31(4,5)6/h8-11,16-18H,12-15,19H2,1-7H3,(H,33,37). The summed E-state index contributed by atoms with van der Waals surface area (Å²) in [6.45, 7) is 13.6. The summed E-state index contributed by atoms with van der Waals surface area (Å²) in [4.78, 5) is 33.3. The highest BCUT2D eigenvalue weighted by atomic mass is 35.5. The Morgan fingerprint density at radius 3 is 2.17 bits per heavy atom. The van der Waals surface area contributed by atoms with Gasteiger partial charge in [0.1, 0.15) is 22.8 Å². The second-order valence-electron chi connectivity index (χ2n) is 12.0. The van der Waals surface area contributed by atoms with Crippen molar-refractivity contribution in [2.75, 3.05) is 38.2 Å². The van der Waals surface area contributed by atoms with Gasteiger partial charge in [-0.15, -0.1) is 0 Å². The molecule has 0 atom stereocenters. The number of nitrogens with one attached hydrogen (secondary N) is 1. The van der Waals surface area contributed by atoms with E-state index in [4.69, 9.17) is 30.8 Å².